The van der Waals surface area contributed by atoms with Gasteiger partial charge in [-0.2, -0.15) is 5.10 Å². The van der Waals surface area contributed by atoms with Crippen LogP contribution in [0.1, 0.15) is 42.4 Å². The second-order valence-corrected chi connectivity index (χ2v) is 5.64. The molecule has 0 saturated carbocycles. The molecule has 0 saturated heterocycles. The lowest BCUT2D eigenvalue weighted by Gasteiger charge is -2.13. The number of nitrogens with zero attached hydrogens (tertiary/aromatic N) is 2. The Morgan fingerprint density at radius 1 is 1.38 bits per heavy atom. The normalized spacial score (nSPS) is 12.5. The van der Waals surface area contributed by atoms with E-state index in [0.717, 1.165) is 34.8 Å². The second-order valence-electron chi connectivity index (χ2n) is 5.26. The van der Waals surface area contributed by atoms with Crippen molar-refractivity contribution >= 4 is 11.6 Å². The van der Waals surface area contributed by atoms with Gasteiger partial charge in [0.05, 0.1) is 16.4 Å². The van der Waals surface area contributed by atoms with Crippen molar-refractivity contribution in [3.63, 3.8) is 0 Å². The molecule has 1 aromatic carbocycles. The number of rotatable bonds is 5. The van der Waals surface area contributed by atoms with E-state index in [1.54, 1.807) is 0 Å². The van der Waals surface area contributed by atoms with Crippen molar-refractivity contribution in [1.29, 1.82) is 0 Å². The number of aryl methyl sites for hydroxylation is 3. The Morgan fingerprint density at radius 3 is 2.67 bits per heavy atom. The number of halogens is 1. The summed E-state index contributed by atoms with van der Waals surface area (Å²) in [5, 5.41) is 5.07. The molecule has 2 aromatic rings. The minimum Gasteiger partial charge on any atom is -0.487 e. The van der Waals surface area contributed by atoms with Gasteiger partial charge in [0.2, 0.25) is 0 Å². The van der Waals surface area contributed by atoms with Gasteiger partial charge in [-0.25, -0.2) is 0 Å². The zero-order valence-electron chi connectivity index (χ0n) is 13.0. The Balaban J connectivity index is 2.17. The maximum atomic E-state index is 6.29. The number of benzene rings is 1. The number of aromatic nitrogens is 2. The van der Waals surface area contributed by atoms with Crippen LogP contribution in [0.3, 0.4) is 0 Å². The fourth-order valence-corrected chi connectivity index (χ4v) is 2.46. The van der Waals surface area contributed by atoms with E-state index in [9.17, 15) is 0 Å². The first-order valence-electron chi connectivity index (χ1n) is 7.14. The quantitative estimate of drug-likeness (QED) is 0.914. The highest BCUT2D eigenvalue weighted by Crippen LogP contribution is 2.25. The summed E-state index contributed by atoms with van der Waals surface area (Å²) in [5.41, 5.74) is 9.81. The Kier molecular flexibility index (Phi) is 4.91. The third-order valence-electron chi connectivity index (χ3n) is 3.54. The van der Waals surface area contributed by atoms with Gasteiger partial charge in [0.1, 0.15) is 12.4 Å². The van der Waals surface area contributed by atoms with E-state index in [1.807, 2.05) is 44.5 Å². The van der Waals surface area contributed by atoms with Crippen molar-refractivity contribution in [1.82, 2.24) is 9.78 Å². The topological polar surface area (TPSA) is 53.1 Å². The van der Waals surface area contributed by atoms with Gasteiger partial charge >= 0.3 is 0 Å². The molecular formula is C16H22ClN3O. The van der Waals surface area contributed by atoms with Crippen LogP contribution in [0.2, 0.25) is 5.02 Å². The first-order valence-corrected chi connectivity index (χ1v) is 7.52. The van der Waals surface area contributed by atoms with Crippen LogP contribution in [0.5, 0.6) is 5.75 Å². The standard InChI is InChI=1S/C16H22ClN3O/c1-5-20-14(16(17)12(4)19-20)9-21-15-7-6-13(11(3)18)8-10(15)2/h6-8,11H,5,9,18H2,1-4H3. The summed E-state index contributed by atoms with van der Waals surface area (Å²) in [4.78, 5) is 0. The zero-order chi connectivity index (χ0) is 15.6. The summed E-state index contributed by atoms with van der Waals surface area (Å²) in [7, 11) is 0. The minimum absolute atomic E-state index is 0.0244. The van der Waals surface area contributed by atoms with Gasteiger partial charge in [0.25, 0.3) is 0 Å². The van der Waals surface area contributed by atoms with Crippen molar-refractivity contribution in [2.75, 3.05) is 0 Å². The van der Waals surface area contributed by atoms with Crippen molar-refractivity contribution in [2.24, 2.45) is 5.73 Å². The maximum absolute atomic E-state index is 6.29. The first kappa shape index (κ1) is 15.9. The van der Waals surface area contributed by atoms with Gasteiger partial charge in [-0.1, -0.05) is 23.7 Å². The molecule has 2 rings (SSSR count). The molecule has 0 aliphatic rings. The molecule has 114 valence electrons. The fourth-order valence-electron chi connectivity index (χ4n) is 2.27. The molecule has 0 radical (unpaired) electrons. The predicted molar refractivity (Wildman–Crippen MR) is 85.8 cm³/mol. The summed E-state index contributed by atoms with van der Waals surface area (Å²) >= 11 is 6.29. The summed E-state index contributed by atoms with van der Waals surface area (Å²) in [6.07, 6.45) is 0. The summed E-state index contributed by atoms with van der Waals surface area (Å²) in [6, 6.07) is 6.04. The van der Waals surface area contributed by atoms with E-state index in [1.165, 1.54) is 0 Å². The Hall–Kier alpha value is -1.52. The molecule has 0 fully saturated rings. The molecule has 0 aliphatic heterocycles. The van der Waals surface area contributed by atoms with Crippen LogP contribution < -0.4 is 10.5 Å². The lowest BCUT2D eigenvalue weighted by molar-refractivity contribution is 0.290. The molecule has 21 heavy (non-hydrogen) atoms. The average molecular weight is 308 g/mol. The molecule has 2 N–H and O–H groups in total. The molecule has 0 aliphatic carbocycles. The molecule has 1 heterocycles. The largest absolute Gasteiger partial charge is 0.487 e. The highest BCUT2D eigenvalue weighted by Gasteiger charge is 2.13. The Labute approximate surface area is 130 Å². The van der Waals surface area contributed by atoms with Gasteiger partial charge in [-0.15, -0.1) is 0 Å². The van der Waals surface area contributed by atoms with E-state index in [4.69, 9.17) is 22.1 Å². The smallest absolute Gasteiger partial charge is 0.131 e. The fraction of sp³-hybridized carbons (Fsp3) is 0.438. The van der Waals surface area contributed by atoms with Gasteiger partial charge in [-0.3, -0.25) is 4.68 Å². The van der Waals surface area contributed by atoms with E-state index >= 15 is 0 Å². The summed E-state index contributed by atoms with van der Waals surface area (Å²) in [6.45, 7) is 9.11. The summed E-state index contributed by atoms with van der Waals surface area (Å²) < 4.78 is 7.79. The number of hydrogen-bond acceptors (Lipinski definition) is 3. The third-order valence-corrected chi connectivity index (χ3v) is 4.03. The second kappa shape index (κ2) is 6.50. The van der Waals surface area contributed by atoms with Crippen LogP contribution in [0, 0.1) is 13.8 Å². The van der Waals surface area contributed by atoms with Crippen LogP contribution in [0.4, 0.5) is 0 Å². The molecule has 0 spiro atoms. The molecule has 1 unspecified atom stereocenters. The van der Waals surface area contributed by atoms with Crippen molar-refractivity contribution in [3.8, 4) is 5.75 Å². The number of nitrogens with two attached hydrogens (primary N) is 1. The van der Waals surface area contributed by atoms with Crippen molar-refractivity contribution in [3.05, 3.63) is 45.7 Å². The average Bonchev–Trinajstić information content (AvgIpc) is 2.72. The third kappa shape index (κ3) is 3.39. The molecule has 1 aromatic heterocycles. The van der Waals surface area contributed by atoms with Crippen LogP contribution in [0.25, 0.3) is 0 Å². The molecule has 5 heteroatoms. The zero-order valence-corrected chi connectivity index (χ0v) is 13.7. The van der Waals surface area contributed by atoms with Crippen LogP contribution in [-0.4, -0.2) is 9.78 Å². The molecule has 0 amide bonds. The van der Waals surface area contributed by atoms with E-state index in [0.29, 0.717) is 11.6 Å². The van der Waals surface area contributed by atoms with E-state index < -0.39 is 0 Å². The highest BCUT2D eigenvalue weighted by molar-refractivity contribution is 6.31. The number of ether oxygens (including phenoxy) is 1. The molecular weight excluding hydrogens is 286 g/mol. The first-order chi connectivity index (χ1) is 9.93. The van der Waals surface area contributed by atoms with Gasteiger partial charge in [0.15, 0.2) is 0 Å². The van der Waals surface area contributed by atoms with Gasteiger partial charge in [-0.05, 0) is 44.9 Å². The highest BCUT2D eigenvalue weighted by atomic mass is 35.5. The minimum atomic E-state index is 0.0244. The maximum Gasteiger partial charge on any atom is 0.131 e. The van der Waals surface area contributed by atoms with Crippen LogP contribution in [-0.2, 0) is 13.2 Å². The van der Waals surface area contributed by atoms with E-state index in [-0.39, 0.29) is 6.04 Å². The SMILES string of the molecule is CCn1nc(C)c(Cl)c1COc1ccc(C(C)N)cc1C. The lowest BCUT2D eigenvalue weighted by atomic mass is 10.1. The summed E-state index contributed by atoms with van der Waals surface area (Å²) in [5.74, 6) is 0.844. The van der Waals surface area contributed by atoms with Crippen molar-refractivity contribution < 1.29 is 4.74 Å². The molecule has 1 atom stereocenters. The Morgan fingerprint density at radius 2 is 2.10 bits per heavy atom. The monoisotopic (exact) mass is 307 g/mol. The van der Waals surface area contributed by atoms with E-state index in [2.05, 4.69) is 11.2 Å². The predicted octanol–water partition coefficient (Wildman–Crippen LogP) is 3.77. The molecule has 0 bridgehead atoms. The van der Waals surface area contributed by atoms with Crippen LogP contribution in [0.15, 0.2) is 18.2 Å². The van der Waals surface area contributed by atoms with Gasteiger partial charge < -0.3 is 10.5 Å². The van der Waals surface area contributed by atoms with Crippen molar-refractivity contribution in [2.45, 2.75) is 46.9 Å². The van der Waals surface area contributed by atoms with Crippen LogP contribution >= 0.6 is 11.6 Å². The molecule has 4 nitrogen and oxygen atoms in total. The number of hydrogen-bond donors (Lipinski definition) is 1. The van der Waals surface area contributed by atoms with Gasteiger partial charge in [0, 0.05) is 12.6 Å². The Bertz CT molecular complexity index is 635. The lowest BCUT2D eigenvalue weighted by Crippen LogP contribution is -2.08.